The number of nitrogens with one attached hydrogen (secondary N) is 1. The van der Waals surface area contributed by atoms with Gasteiger partial charge in [-0.1, -0.05) is 19.1 Å². The molecule has 1 aromatic rings. The number of nitrogens with zero attached hydrogens (tertiary/aromatic N) is 1. The van der Waals surface area contributed by atoms with Gasteiger partial charge in [-0.05, 0) is 44.0 Å². The standard InChI is InChI=1S/C15H22N2O/c1-3-15(17-2)13-7-9-14(10-8-13)18-12-6-4-5-11-16/h7-10,15,17H,3-6,12H2,1-2H3. The van der Waals surface area contributed by atoms with Crippen molar-refractivity contribution in [1.29, 1.82) is 5.26 Å². The third-order valence-electron chi connectivity index (χ3n) is 2.99. The zero-order valence-corrected chi connectivity index (χ0v) is 11.3. The maximum absolute atomic E-state index is 8.42. The van der Waals surface area contributed by atoms with Gasteiger partial charge in [0.15, 0.2) is 0 Å². The van der Waals surface area contributed by atoms with E-state index in [0.717, 1.165) is 25.0 Å². The van der Waals surface area contributed by atoms with Crippen LogP contribution < -0.4 is 10.1 Å². The monoisotopic (exact) mass is 246 g/mol. The molecule has 0 fully saturated rings. The molecule has 18 heavy (non-hydrogen) atoms. The Morgan fingerprint density at radius 1 is 1.28 bits per heavy atom. The summed E-state index contributed by atoms with van der Waals surface area (Å²) in [5.41, 5.74) is 1.29. The lowest BCUT2D eigenvalue weighted by molar-refractivity contribution is 0.307. The Morgan fingerprint density at radius 2 is 2.00 bits per heavy atom. The summed E-state index contributed by atoms with van der Waals surface area (Å²) in [5, 5.41) is 11.7. The molecule has 1 atom stereocenters. The van der Waals surface area contributed by atoms with Gasteiger partial charge in [-0.2, -0.15) is 5.26 Å². The van der Waals surface area contributed by atoms with E-state index in [0.29, 0.717) is 19.1 Å². The Bertz CT molecular complexity index is 363. The Balaban J connectivity index is 2.38. The summed E-state index contributed by atoms with van der Waals surface area (Å²) >= 11 is 0. The van der Waals surface area contributed by atoms with E-state index in [-0.39, 0.29) is 0 Å². The van der Waals surface area contributed by atoms with Crippen molar-refractivity contribution >= 4 is 0 Å². The molecule has 1 aromatic carbocycles. The number of unbranched alkanes of at least 4 members (excludes halogenated alkanes) is 2. The Kier molecular flexibility index (Phi) is 6.90. The lowest BCUT2D eigenvalue weighted by Crippen LogP contribution is -2.14. The van der Waals surface area contributed by atoms with E-state index in [2.05, 4.69) is 30.4 Å². The van der Waals surface area contributed by atoms with Gasteiger partial charge in [0, 0.05) is 12.5 Å². The molecule has 0 amide bonds. The molecule has 0 bridgehead atoms. The molecule has 1 N–H and O–H groups in total. The van der Waals surface area contributed by atoms with E-state index in [1.165, 1.54) is 5.56 Å². The van der Waals surface area contributed by atoms with Gasteiger partial charge in [0.25, 0.3) is 0 Å². The molecule has 0 aromatic heterocycles. The van der Waals surface area contributed by atoms with Gasteiger partial charge in [0.05, 0.1) is 12.7 Å². The van der Waals surface area contributed by atoms with Crippen molar-refractivity contribution in [3.05, 3.63) is 29.8 Å². The SMILES string of the molecule is CCC(NC)c1ccc(OCCCCC#N)cc1. The highest BCUT2D eigenvalue weighted by Gasteiger charge is 2.05. The summed E-state index contributed by atoms with van der Waals surface area (Å²) in [6.07, 6.45) is 3.53. The minimum atomic E-state index is 0.412. The van der Waals surface area contributed by atoms with E-state index in [4.69, 9.17) is 10.00 Å². The lowest BCUT2D eigenvalue weighted by Gasteiger charge is -2.14. The Morgan fingerprint density at radius 3 is 2.56 bits per heavy atom. The number of hydrogen-bond donors (Lipinski definition) is 1. The van der Waals surface area contributed by atoms with Crippen LogP contribution in [0.25, 0.3) is 0 Å². The summed E-state index contributed by atoms with van der Waals surface area (Å²) < 4.78 is 5.62. The summed E-state index contributed by atoms with van der Waals surface area (Å²) in [5.74, 6) is 0.904. The number of ether oxygens (including phenoxy) is 1. The van der Waals surface area contributed by atoms with Gasteiger partial charge in [-0.3, -0.25) is 0 Å². The predicted octanol–water partition coefficient (Wildman–Crippen LogP) is 3.43. The Labute approximate surface area is 110 Å². The molecule has 3 nitrogen and oxygen atoms in total. The highest BCUT2D eigenvalue weighted by molar-refractivity contribution is 5.29. The maximum Gasteiger partial charge on any atom is 0.119 e. The van der Waals surface area contributed by atoms with Gasteiger partial charge >= 0.3 is 0 Å². The zero-order chi connectivity index (χ0) is 13.2. The van der Waals surface area contributed by atoms with Crippen LogP contribution in [0.5, 0.6) is 5.75 Å². The summed E-state index contributed by atoms with van der Waals surface area (Å²) in [6, 6.07) is 10.8. The largest absolute Gasteiger partial charge is 0.494 e. The van der Waals surface area contributed by atoms with Crippen molar-refractivity contribution in [2.45, 2.75) is 38.6 Å². The van der Waals surface area contributed by atoms with E-state index in [1.807, 2.05) is 19.2 Å². The topological polar surface area (TPSA) is 45.0 Å². The second kappa shape index (κ2) is 8.54. The third kappa shape index (κ3) is 4.77. The number of rotatable bonds is 8. The van der Waals surface area contributed by atoms with Crippen molar-refractivity contribution in [1.82, 2.24) is 5.32 Å². The summed E-state index contributed by atoms with van der Waals surface area (Å²) in [4.78, 5) is 0. The van der Waals surface area contributed by atoms with Crippen LogP contribution in [0.4, 0.5) is 0 Å². The smallest absolute Gasteiger partial charge is 0.119 e. The fourth-order valence-corrected chi connectivity index (χ4v) is 1.90. The summed E-state index contributed by atoms with van der Waals surface area (Å²) in [7, 11) is 1.98. The number of nitriles is 1. The minimum Gasteiger partial charge on any atom is -0.494 e. The van der Waals surface area contributed by atoms with Crippen LogP contribution in [0.3, 0.4) is 0 Å². The average molecular weight is 246 g/mol. The highest BCUT2D eigenvalue weighted by atomic mass is 16.5. The lowest BCUT2D eigenvalue weighted by atomic mass is 10.0. The van der Waals surface area contributed by atoms with E-state index < -0.39 is 0 Å². The highest BCUT2D eigenvalue weighted by Crippen LogP contribution is 2.19. The second-order valence-electron chi connectivity index (χ2n) is 4.28. The van der Waals surface area contributed by atoms with Crippen LogP contribution in [0.2, 0.25) is 0 Å². The first-order chi connectivity index (χ1) is 8.81. The maximum atomic E-state index is 8.42. The molecule has 98 valence electrons. The van der Waals surface area contributed by atoms with Crippen LogP contribution in [-0.4, -0.2) is 13.7 Å². The molecule has 0 heterocycles. The summed E-state index contributed by atoms with van der Waals surface area (Å²) in [6.45, 7) is 2.85. The third-order valence-corrected chi connectivity index (χ3v) is 2.99. The van der Waals surface area contributed by atoms with Gasteiger partial charge in [-0.15, -0.1) is 0 Å². The average Bonchev–Trinajstić information content (AvgIpc) is 2.41. The van der Waals surface area contributed by atoms with Gasteiger partial charge in [0.1, 0.15) is 5.75 Å². The molecule has 3 heteroatoms. The molecule has 1 unspecified atom stereocenters. The number of benzene rings is 1. The fourth-order valence-electron chi connectivity index (χ4n) is 1.90. The number of hydrogen-bond acceptors (Lipinski definition) is 3. The molecule has 0 saturated carbocycles. The van der Waals surface area contributed by atoms with Crippen LogP contribution in [-0.2, 0) is 0 Å². The molecule has 0 aliphatic rings. The second-order valence-corrected chi connectivity index (χ2v) is 4.28. The molecule has 0 saturated heterocycles. The zero-order valence-electron chi connectivity index (χ0n) is 11.3. The van der Waals surface area contributed by atoms with Crippen molar-refractivity contribution in [3.8, 4) is 11.8 Å². The van der Waals surface area contributed by atoms with Crippen molar-refractivity contribution in [2.75, 3.05) is 13.7 Å². The molecule has 1 rings (SSSR count). The first-order valence-corrected chi connectivity index (χ1v) is 6.58. The van der Waals surface area contributed by atoms with Crippen LogP contribution >= 0.6 is 0 Å². The molecule has 0 aliphatic heterocycles. The molecule has 0 radical (unpaired) electrons. The van der Waals surface area contributed by atoms with Crippen LogP contribution in [0.1, 0.15) is 44.2 Å². The first kappa shape index (κ1) is 14.5. The minimum absolute atomic E-state index is 0.412. The van der Waals surface area contributed by atoms with Gasteiger partial charge < -0.3 is 10.1 Å². The van der Waals surface area contributed by atoms with E-state index in [1.54, 1.807) is 0 Å². The molecule has 0 spiro atoms. The quantitative estimate of drug-likeness (QED) is 0.715. The molecular weight excluding hydrogens is 224 g/mol. The van der Waals surface area contributed by atoms with Crippen molar-refractivity contribution in [3.63, 3.8) is 0 Å². The van der Waals surface area contributed by atoms with Gasteiger partial charge in [0.2, 0.25) is 0 Å². The van der Waals surface area contributed by atoms with E-state index in [9.17, 15) is 0 Å². The molecule has 0 aliphatic carbocycles. The van der Waals surface area contributed by atoms with E-state index >= 15 is 0 Å². The van der Waals surface area contributed by atoms with Crippen molar-refractivity contribution < 1.29 is 4.74 Å². The predicted molar refractivity (Wildman–Crippen MR) is 73.5 cm³/mol. The Hall–Kier alpha value is -1.53. The normalized spacial score (nSPS) is 11.8. The van der Waals surface area contributed by atoms with Gasteiger partial charge in [-0.25, -0.2) is 0 Å². The van der Waals surface area contributed by atoms with Crippen LogP contribution in [0, 0.1) is 11.3 Å². The van der Waals surface area contributed by atoms with Crippen LogP contribution in [0.15, 0.2) is 24.3 Å². The fraction of sp³-hybridized carbons (Fsp3) is 0.533. The first-order valence-electron chi connectivity index (χ1n) is 6.58. The van der Waals surface area contributed by atoms with Crippen molar-refractivity contribution in [2.24, 2.45) is 0 Å². The molecular formula is C15H22N2O.